The summed E-state index contributed by atoms with van der Waals surface area (Å²) < 4.78 is 39.5. The second kappa shape index (κ2) is 18.5. The Balaban J connectivity index is 0.983. The molecule has 57 heavy (non-hydrogen) atoms. The number of rotatable bonds is 16. The summed E-state index contributed by atoms with van der Waals surface area (Å²) in [6, 6.07) is 25.0. The number of hydrogen-bond donors (Lipinski definition) is 7. The summed E-state index contributed by atoms with van der Waals surface area (Å²) in [6.07, 6.45) is -5.30. The Morgan fingerprint density at radius 2 is 1.61 bits per heavy atom. The first-order valence-corrected chi connectivity index (χ1v) is 19.3. The predicted molar refractivity (Wildman–Crippen MR) is 203 cm³/mol. The molecule has 9 N–H and O–H groups in total. The molecule has 6 atom stereocenters. The van der Waals surface area contributed by atoms with Crippen molar-refractivity contribution >= 4 is 31.7 Å². The fraction of sp³-hybridized carbons (Fsp3) is 0.324. The number of carbonyl (C=O) groups is 2. The van der Waals surface area contributed by atoms with Crippen molar-refractivity contribution in [3.8, 4) is 11.1 Å². The van der Waals surface area contributed by atoms with E-state index in [0.29, 0.717) is 0 Å². The number of nitrogens with one attached hydrogen (secondary N) is 2. The molecular weight excluding hydrogens is 765 g/mol. The Kier molecular flexibility index (Phi) is 13.3. The summed E-state index contributed by atoms with van der Waals surface area (Å²) in [4.78, 5) is 56.1. The van der Waals surface area contributed by atoms with Gasteiger partial charge < -0.3 is 46.1 Å². The molecule has 0 saturated carbocycles. The number of hydrogen-bond acceptors (Lipinski definition) is 14. The summed E-state index contributed by atoms with van der Waals surface area (Å²) in [5, 5.41) is 23.4. The molecule has 0 radical (unpaired) electrons. The minimum Gasteiger partial charge on any atom is -0.459 e. The van der Waals surface area contributed by atoms with Crippen LogP contribution in [0.5, 0.6) is 0 Å². The van der Waals surface area contributed by atoms with Crippen LogP contribution in [0.4, 0.5) is 10.6 Å². The van der Waals surface area contributed by atoms with E-state index in [4.69, 9.17) is 30.2 Å². The lowest BCUT2D eigenvalue weighted by atomic mass is 9.98. The Labute approximate surface area is 325 Å². The quantitative estimate of drug-likeness (QED) is 0.0212. The molecule has 302 valence electrons. The molecule has 2 aliphatic rings. The highest BCUT2D eigenvalue weighted by atomic mass is 31.2. The number of guanidine groups is 1. The number of carbonyl (C=O) groups excluding carboxylic acids is 2. The number of aliphatic hydroxyl groups excluding tert-OH is 2. The molecular formula is C37H42N7O12P. The third kappa shape index (κ3) is 10.4. The number of ether oxygens (including phenoxy) is 3. The van der Waals surface area contributed by atoms with Crippen LogP contribution in [0.2, 0.25) is 0 Å². The predicted octanol–water partition coefficient (Wildman–Crippen LogP) is 1.83. The number of aromatic nitrogens is 2. The largest absolute Gasteiger partial charge is 0.493 e. The first-order valence-electron chi connectivity index (χ1n) is 17.8. The summed E-state index contributed by atoms with van der Waals surface area (Å²) in [5.41, 5.74) is 17.4. The van der Waals surface area contributed by atoms with Gasteiger partial charge in [-0.3, -0.25) is 14.1 Å². The number of anilines is 1. The van der Waals surface area contributed by atoms with Crippen LogP contribution in [0.25, 0.3) is 11.1 Å². The maximum atomic E-state index is 13.2. The number of aliphatic imine (C=N–C) groups is 1. The summed E-state index contributed by atoms with van der Waals surface area (Å²) in [7, 11) is -4.89. The van der Waals surface area contributed by atoms with Crippen LogP contribution in [0, 0.1) is 0 Å². The number of alkyl carbamates (subject to hydrolysis) is 1. The zero-order chi connectivity index (χ0) is 40.5. The van der Waals surface area contributed by atoms with E-state index in [1.807, 2.05) is 60.1 Å². The second-order valence-corrected chi connectivity index (χ2v) is 14.4. The summed E-state index contributed by atoms with van der Waals surface area (Å²) >= 11 is 0. The van der Waals surface area contributed by atoms with Gasteiger partial charge in [0, 0.05) is 18.7 Å². The van der Waals surface area contributed by atoms with Crippen LogP contribution in [-0.4, -0.2) is 86.8 Å². The molecule has 0 bridgehead atoms. The van der Waals surface area contributed by atoms with Crippen LogP contribution < -0.4 is 28.0 Å². The third-order valence-electron chi connectivity index (χ3n) is 9.21. The minimum atomic E-state index is -4.89. The zero-order valence-electron chi connectivity index (χ0n) is 30.3. The fourth-order valence-electron chi connectivity index (χ4n) is 6.40. The van der Waals surface area contributed by atoms with Crippen molar-refractivity contribution in [2.75, 3.05) is 25.5 Å². The third-order valence-corrected chi connectivity index (χ3v) is 10.0. The summed E-state index contributed by atoms with van der Waals surface area (Å²) in [6.45, 7) is -0.744. The van der Waals surface area contributed by atoms with Crippen LogP contribution in [0.3, 0.4) is 0 Å². The van der Waals surface area contributed by atoms with Crippen LogP contribution in [0.1, 0.15) is 41.7 Å². The van der Waals surface area contributed by atoms with E-state index in [1.165, 1.54) is 12.3 Å². The molecule has 6 rings (SSSR count). The highest BCUT2D eigenvalue weighted by Crippen LogP contribution is 2.45. The van der Waals surface area contributed by atoms with Crippen molar-refractivity contribution < 1.29 is 52.6 Å². The SMILES string of the molecule is NC(=NCCCC(NC(=O)OCC1c2ccccc2-c2ccccc21)C(=O)OCc1ccccc1)NOP(=O)(O)OC[C@H]1O[C@@H](n2ccc(N)nc2=O)[C@H](O)[C@@H]1O. The molecule has 3 aromatic carbocycles. The van der Waals surface area contributed by atoms with E-state index in [1.54, 1.807) is 24.3 Å². The van der Waals surface area contributed by atoms with Gasteiger partial charge in [-0.25, -0.2) is 24.4 Å². The van der Waals surface area contributed by atoms with E-state index in [2.05, 4.69) is 19.9 Å². The van der Waals surface area contributed by atoms with Gasteiger partial charge in [-0.05, 0) is 46.7 Å². The number of nitrogens with two attached hydrogens (primary N) is 2. The molecule has 2 unspecified atom stereocenters. The molecule has 1 aliphatic heterocycles. The van der Waals surface area contributed by atoms with E-state index >= 15 is 0 Å². The minimum absolute atomic E-state index is 0.0195. The first-order chi connectivity index (χ1) is 27.4. The molecule has 2 heterocycles. The van der Waals surface area contributed by atoms with E-state index < -0.39 is 68.7 Å². The number of benzene rings is 3. The van der Waals surface area contributed by atoms with Gasteiger partial charge in [0.1, 0.15) is 43.4 Å². The molecule has 1 saturated heterocycles. The Hall–Kier alpha value is -5.66. The fourth-order valence-corrected chi connectivity index (χ4v) is 7.00. The van der Waals surface area contributed by atoms with E-state index in [-0.39, 0.29) is 44.3 Å². The number of amides is 1. The van der Waals surface area contributed by atoms with E-state index in [0.717, 1.165) is 32.4 Å². The monoisotopic (exact) mass is 807 g/mol. The summed E-state index contributed by atoms with van der Waals surface area (Å²) in [5.74, 6) is -1.38. The molecule has 1 fully saturated rings. The maximum absolute atomic E-state index is 13.2. The molecule has 20 heteroatoms. The smallest absolute Gasteiger partial charge is 0.459 e. The Bertz CT molecular complexity index is 2130. The number of hydroxylamine groups is 1. The van der Waals surface area contributed by atoms with Gasteiger partial charge in [0.25, 0.3) is 0 Å². The van der Waals surface area contributed by atoms with Gasteiger partial charge in [0.05, 0.1) is 6.61 Å². The molecule has 1 amide bonds. The normalized spacial score (nSPS) is 20.5. The topological polar surface area (TPSA) is 281 Å². The number of nitrogen functional groups attached to an aromatic ring is 1. The van der Waals surface area contributed by atoms with Crippen molar-refractivity contribution in [1.82, 2.24) is 20.3 Å². The number of fused-ring (bicyclic) bond motifs is 3. The number of nitrogens with zero attached hydrogens (tertiary/aromatic N) is 3. The van der Waals surface area contributed by atoms with Crippen LogP contribution in [0.15, 0.2) is 101 Å². The lowest BCUT2D eigenvalue weighted by Crippen LogP contribution is -2.42. The van der Waals surface area contributed by atoms with Crippen molar-refractivity contribution in [2.45, 2.75) is 55.9 Å². The van der Waals surface area contributed by atoms with Gasteiger partial charge in [-0.2, -0.15) is 9.61 Å². The lowest BCUT2D eigenvalue weighted by molar-refractivity contribution is -0.147. The average molecular weight is 808 g/mol. The van der Waals surface area contributed by atoms with Gasteiger partial charge in [0.15, 0.2) is 6.23 Å². The molecule has 1 aromatic heterocycles. The molecule has 19 nitrogen and oxygen atoms in total. The van der Waals surface area contributed by atoms with Crippen LogP contribution in [-0.2, 0) is 39.3 Å². The number of esters is 1. The Morgan fingerprint density at radius 3 is 2.30 bits per heavy atom. The van der Waals surface area contributed by atoms with Crippen LogP contribution >= 0.6 is 7.82 Å². The van der Waals surface area contributed by atoms with Crippen molar-refractivity contribution in [3.63, 3.8) is 0 Å². The highest BCUT2D eigenvalue weighted by molar-refractivity contribution is 7.47. The maximum Gasteiger partial charge on any atom is 0.493 e. The van der Waals surface area contributed by atoms with Gasteiger partial charge in [0.2, 0.25) is 5.96 Å². The average Bonchev–Trinajstić information content (AvgIpc) is 3.68. The van der Waals surface area contributed by atoms with Gasteiger partial charge in [-0.1, -0.05) is 78.9 Å². The van der Waals surface area contributed by atoms with Crippen molar-refractivity contribution in [3.05, 3.63) is 118 Å². The lowest BCUT2D eigenvalue weighted by Gasteiger charge is -2.19. The van der Waals surface area contributed by atoms with Crippen molar-refractivity contribution in [1.29, 1.82) is 0 Å². The number of aliphatic hydroxyl groups is 2. The second-order valence-electron chi connectivity index (χ2n) is 13.1. The first kappa shape index (κ1) is 41.0. The Morgan fingerprint density at radius 1 is 0.947 bits per heavy atom. The standard InChI is InChI=1S/C37H42N7O12P/c38-30-16-18-44(36(48)42-30)33-32(46)31(45)29(55-33)21-54-57(50,51)56-43-35(39)40-17-8-15-28(34(47)52-19-22-9-2-1-3-10-22)41-37(49)53-20-27-25-13-6-4-11-23(25)24-12-5-7-14-26(24)27/h1-7,9-14,16,18,27-29,31-33,45-46H,8,15,17,19-21H2,(H,41,49)(H,50,51)(H2,38,42,48)(H3,39,40,43)/t28?,29-,31-,32-,33-/m1/s1. The highest BCUT2D eigenvalue weighted by Gasteiger charge is 2.45. The van der Waals surface area contributed by atoms with Crippen molar-refractivity contribution in [2.24, 2.45) is 10.7 Å². The molecule has 4 aromatic rings. The molecule has 0 spiro atoms. The number of phosphoric ester groups is 1. The molecule has 1 aliphatic carbocycles. The van der Waals surface area contributed by atoms with Gasteiger partial charge >= 0.3 is 25.6 Å². The van der Waals surface area contributed by atoms with Gasteiger partial charge in [-0.15, -0.1) is 0 Å². The number of phosphoric acid groups is 1. The zero-order valence-corrected chi connectivity index (χ0v) is 31.2. The van der Waals surface area contributed by atoms with E-state index in [9.17, 15) is 34.1 Å².